The number of hydrogen-bond acceptors (Lipinski definition) is 4. The van der Waals surface area contributed by atoms with Crippen LogP contribution in [0.5, 0.6) is 5.88 Å². The first-order chi connectivity index (χ1) is 9.49. The van der Waals surface area contributed by atoms with E-state index in [1.54, 1.807) is 12.1 Å². The lowest BCUT2D eigenvalue weighted by atomic mass is 9.97. The zero-order chi connectivity index (χ0) is 14.7. The Morgan fingerprint density at radius 1 is 1.45 bits per heavy atom. The van der Waals surface area contributed by atoms with Gasteiger partial charge in [-0.2, -0.15) is 0 Å². The molecule has 0 bridgehead atoms. The second-order valence-electron chi connectivity index (χ2n) is 4.34. The van der Waals surface area contributed by atoms with Gasteiger partial charge >= 0.3 is 0 Å². The quantitative estimate of drug-likeness (QED) is 0.813. The SMILES string of the molecule is C=C(C)c1cccc(C(N)=O)c1COc1ccn(O)n1. The highest BCUT2D eigenvalue weighted by atomic mass is 16.5. The van der Waals surface area contributed by atoms with Crippen LogP contribution in [0.3, 0.4) is 0 Å². The monoisotopic (exact) mass is 273 g/mol. The Kier molecular flexibility index (Phi) is 3.74. The van der Waals surface area contributed by atoms with Crippen molar-refractivity contribution >= 4 is 11.5 Å². The number of carbonyl (C=O) groups is 1. The molecule has 0 atom stereocenters. The molecule has 2 rings (SSSR count). The van der Waals surface area contributed by atoms with Crippen molar-refractivity contribution in [1.82, 2.24) is 9.94 Å². The predicted octanol–water partition coefficient (Wildman–Crippen LogP) is 1.83. The Labute approximate surface area is 116 Å². The Morgan fingerprint density at radius 3 is 2.70 bits per heavy atom. The molecule has 0 aliphatic carbocycles. The Balaban J connectivity index is 2.32. The highest BCUT2D eigenvalue weighted by Crippen LogP contribution is 2.22. The molecule has 2 aromatic rings. The molecule has 104 valence electrons. The van der Waals surface area contributed by atoms with Crippen molar-refractivity contribution in [2.24, 2.45) is 5.73 Å². The lowest BCUT2D eigenvalue weighted by Gasteiger charge is -2.13. The van der Waals surface area contributed by atoms with Crippen LogP contribution in [0.2, 0.25) is 0 Å². The van der Waals surface area contributed by atoms with Gasteiger partial charge in [0.25, 0.3) is 0 Å². The summed E-state index contributed by atoms with van der Waals surface area (Å²) in [7, 11) is 0. The van der Waals surface area contributed by atoms with Gasteiger partial charge in [0, 0.05) is 17.2 Å². The summed E-state index contributed by atoms with van der Waals surface area (Å²) in [5, 5.41) is 12.8. The van der Waals surface area contributed by atoms with Crippen LogP contribution in [0.15, 0.2) is 37.0 Å². The van der Waals surface area contributed by atoms with Crippen molar-refractivity contribution < 1.29 is 14.7 Å². The smallest absolute Gasteiger partial charge is 0.249 e. The first kappa shape index (κ1) is 13.7. The molecule has 0 aliphatic heterocycles. The molecular weight excluding hydrogens is 258 g/mol. The minimum Gasteiger partial charge on any atom is -0.472 e. The second kappa shape index (κ2) is 5.48. The van der Waals surface area contributed by atoms with Crippen LogP contribution >= 0.6 is 0 Å². The van der Waals surface area contributed by atoms with E-state index in [0.717, 1.165) is 11.1 Å². The third-order valence-corrected chi connectivity index (χ3v) is 2.82. The fourth-order valence-corrected chi connectivity index (χ4v) is 1.89. The molecule has 0 spiro atoms. The number of ether oxygens (including phenoxy) is 1. The summed E-state index contributed by atoms with van der Waals surface area (Å²) in [6.07, 6.45) is 1.34. The Morgan fingerprint density at radius 2 is 2.15 bits per heavy atom. The molecule has 0 unspecified atom stereocenters. The summed E-state index contributed by atoms with van der Waals surface area (Å²) < 4.78 is 5.45. The van der Waals surface area contributed by atoms with E-state index in [-0.39, 0.29) is 12.5 Å². The first-order valence-corrected chi connectivity index (χ1v) is 5.94. The van der Waals surface area contributed by atoms with E-state index in [4.69, 9.17) is 15.7 Å². The molecule has 6 nitrogen and oxygen atoms in total. The van der Waals surface area contributed by atoms with Gasteiger partial charge in [0.15, 0.2) is 0 Å². The average molecular weight is 273 g/mol. The van der Waals surface area contributed by atoms with Crippen molar-refractivity contribution in [1.29, 1.82) is 0 Å². The van der Waals surface area contributed by atoms with Crippen molar-refractivity contribution in [3.63, 3.8) is 0 Å². The standard InChI is InChI=1S/C14H15N3O3/c1-9(2)10-4-3-5-11(14(15)18)12(10)8-20-13-6-7-17(19)16-13/h3-7,19H,1,8H2,2H3,(H2,15,18). The number of allylic oxidation sites excluding steroid dienone is 1. The van der Waals surface area contributed by atoms with Crippen LogP contribution in [0, 0.1) is 0 Å². The third-order valence-electron chi connectivity index (χ3n) is 2.82. The lowest BCUT2D eigenvalue weighted by Crippen LogP contribution is -2.16. The van der Waals surface area contributed by atoms with Gasteiger partial charge in [0.2, 0.25) is 11.8 Å². The molecule has 6 heteroatoms. The number of hydrogen-bond donors (Lipinski definition) is 2. The van der Waals surface area contributed by atoms with Gasteiger partial charge in [-0.25, -0.2) is 0 Å². The van der Waals surface area contributed by atoms with Gasteiger partial charge in [-0.3, -0.25) is 4.79 Å². The van der Waals surface area contributed by atoms with E-state index >= 15 is 0 Å². The summed E-state index contributed by atoms with van der Waals surface area (Å²) >= 11 is 0. The number of nitrogens with two attached hydrogens (primary N) is 1. The summed E-state index contributed by atoms with van der Waals surface area (Å²) in [6.45, 7) is 5.83. The van der Waals surface area contributed by atoms with Gasteiger partial charge < -0.3 is 15.7 Å². The number of primary amides is 1. The summed E-state index contributed by atoms with van der Waals surface area (Å²) in [6, 6.07) is 6.74. The average Bonchev–Trinajstić information content (AvgIpc) is 2.81. The predicted molar refractivity (Wildman–Crippen MR) is 73.4 cm³/mol. The van der Waals surface area contributed by atoms with Gasteiger partial charge in [-0.05, 0) is 18.6 Å². The molecule has 1 amide bonds. The summed E-state index contributed by atoms with van der Waals surface area (Å²) in [4.78, 5) is 12.1. The Bertz CT molecular complexity index is 629. The fourth-order valence-electron chi connectivity index (χ4n) is 1.89. The van der Waals surface area contributed by atoms with Crippen molar-refractivity contribution in [2.75, 3.05) is 0 Å². The summed E-state index contributed by atoms with van der Waals surface area (Å²) in [5.41, 5.74) is 8.02. The van der Waals surface area contributed by atoms with Gasteiger partial charge in [0.1, 0.15) is 6.61 Å². The maximum Gasteiger partial charge on any atom is 0.249 e. The van der Waals surface area contributed by atoms with Gasteiger partial charge in [-0.1, -0.05) is 29.4 Å². The van der Waals surface area contributed by atoms with Gasteiger partial charge in [0.05, 0.1) is 6.20 Å². The normalized spacial score (nSPS) is 10.2. The molecule has 1 aromatic carbocycles. The van der Waals surface area contributed by atoms with E-state index in [1.165, 1.54) is 12.3 Å². The molecular formula is C14H15N3O3. The maximum atomic E-state index is 11.5. The van der Waals surface area contributed by atoms with Crippen molar-refractivity contribution in [3.05, 3.63) is 53.7 Å². The molecule has 0 saturated heterocycles. The Hall–Kier alpha value is -2.76. The first-order valence-electron chi connectivity index (χ1n) is 5.94. The highest BCUT2D eigenvalue weighted by molar-refractivity contribution is 5.95. The zero-order valence-corrected chi connectivity index (χ0v) is 11.0. The molecule has 1 heterocycles. The maximum absolute atomic E-state index is 11.5. The lowest BCUT2D eigenvalue weighted by molar-refractivity contribution is 0.0997. The number of nitrogens with zero attached hydrogens (tertiary/aromatic N) is 2. The van der Waals surface area contributed by atoms with E-state index in [0.29, 0.717) is 16.0 Å². The molecule has 3 N–H and O–H groups in total. The number of aromatic nitrogens is 2. The van der Waals surface area contributed by atoms with Crippen LogP contribution in [-0.4, -0.2) is 21.1 Å². The molecule has 0 radical (unpaired) electrons. The summed E-state index contributed by atoms with van der Waals surface area (Å²) in [5.74, 6) is -0.279. The van der Waals surface area contributed by atoms with Crippen LogP contribution in [0.4, 0.5) is 0 Å². The zero-order valence-electron chi connectivity index (χ0n) is 11.0. The number of rotatable bonds is 5. The number of amides is 1. The van der Waals surface area contributed by atoms with Crippen LogP contribution < -0.4 is 10.5 Å². The van der Waals surface area contributed by atoms with Crippen molar-refractivity contribution in [3.8, 4) is 5.88 Å². The van der Waals surface area contributed by atoms with Crippen molar-refractivity contribution in [2.45, 2.75) is 13.5 Å². The minimum atomic E-state index is -0.528. The van der Waals surface area contributed by atoms with Gasteiger partial charge in [-0.15, -0.1) is 4.85 Å². The molecule has 20 heavy (non-hydrogen) atoms. The number of benzene rings is 1. The van der Waals surface area contributed by atoms with Crippen LogP contribution in [0.1, 0.15) is 28.4 Å². The van der Waals surface area contributed by atoms with E-state index < -0.39 is 5.91 Å². The molecule has 1 aromatic heterocycles. The second-order valence-corrected chi connectivity index (χ2v) is 4.34. The molecule has 0 fully saturated rings. The van der Waals surface area contributed by atoms with E-state index in [9.17, 15) is 4.79 Å². The molecule has 0 aliphatic rings. The highest BCUT2D eigenvalue weighted by Gasteiger charge is 2.14. The van der Waals surface area contributed by atoms with Crippen LogP contribution in [0.25, 0.3) is 5.57 Å². The largest absolute Gasteiger partial charge is 0.472 e. The van der Waals surface area contributed by atoms with E-state index in [1.807, 2.05) is 13.0 Å². The third kappa shape index (κ3) is 2.80. The van der Waals surface area contributed by atoms with Crippen LogP contribution in [-0.2, 0) is 6.61 Å². The fraction of sp³-hybridized carbons (Fsp3) is 0.143. The van der Waals surface area contributed by atoms with E-state index in [2.05, 4.69) is 11.7 Å². The topological polar surface area (TPSA) is 90.4 Å². The minimum absolute atomic E-state index is 0.109. The molecule has 0 saturated carbocycles. The number of carbonyl (C=O) groups excluding carboxylic acids is 1.